The maximum Gasteiger partial charge on any atom is 0.222 e. The molecule has 0 radical (unpaired) electrons. The van der Waals surface area contributed by atoms with Crippen LogP contribution in [0.15, 0.2) is 0 Å². The Labute approximate surface area is 92.8 Å². The molecule has 0 aliphatic carbocycles. The first-order valence-corrected chi connectivity index (χ1v) is 5.36. The summed E-state index contributed by atoms with van der Waals surface area (Å²) in [4.78, 5) is 13.4. The Hall–Kier alpha value is -0.610. The van der Waals surface area contributed by atoms with Crippen LogP contribution in [0.5, 0.6) is 0 Å². The Bertz CT molecular complexity index is 193. The van der Waals surface area contributed by atoms with Crippen molar-refractivity contribution >= 4 is 5.91 Å². The molecule has 0 spiro atoms. The molecule has 0 rings (SSSR count). The normalized spacial score (nSPS) is 11.5. The van der Waals surface area contributed by atoms with Crippen LogP contribution < -0.4 is 5.73 Å². The lowest BCUT2D eigenvalue weighted by atomic mass is 9.93. The number of carbonyl (C=O) groups is 1. The second kappa shape index (κ2) is 6.80. The van der Waals surface area contributed by atoms with Crippen LogP contribution in [0.3, 0.4) is 0 Å². The number of ether oxygens (including phenoxy) is 1. The molecule has 4 nitrogen and oxygen atoms in total. The zero-order valence-corrected chi connectivity index (χ0v) is 10.4. The molecule has 0 aromatic carbocycles. The molecular formula is C11H24N2O2. The molecule has 0 aromatic heterocycles. The minimum Gasteiger partial charge on any atom is -0.385 e. The zero-order valence-electron chi connectivity index (χ0n) is 10.4. The Morgan fingerprint density at radius 2 is 2.07 bits per heavy atom. The summed E-state index contributed by atoms with van der Waals surface area (Å²) >= 11 is 0. The highest BCUT2D eigenvalue weighted by atomic mass is 16.5. The molecule has 0 saturated carbocycles. The van der Waals surface area contributed by atoms with Crippen molar-refractivity contribution in [3.63, 3.8) is 0 Å². The maximum atomic E-state index is 11.6. The molecule has 4 heteroatoms. The molecule has 1 amide bonds. The number of hydrogen-bond acceptors (Lipinski definition) is 3. The summed E-state index contributed by atoms with van der Waals surface area (Å²) in [6.45, 7) is 6.05. The highest BCUT2D eigenvalue weighted by Gasteiger charge is 2.20. The van der Waals surface area contributed by atoms with Gasteiger partial charge in [-0.2, -0.15) is 0 Å². The number of carbonyl (C=O) groups excluding carboxylic acids is 1. The van der Waals surface area contributed by atoms with Gasteiger partial charge in [-0.15, -0.1) is 0 Å². The number of methoxy groups -OCH3 is 1. The van der Waals surface area contributed by atoms with Gasteiger partial charge in [-0.3, -0.25) is 4.79 Å². The second-order valence-corrected chi connectivity index (χ2v) is 4.71. The lowest BCUT2D eigenvalue weighted by Gasteiger charge is -2.29. The van der Waals surface area contributed by atoms with E-state index in [1.165, 1.54) is 0 Å². The van der Waals surface area contributed by atoms with E-state index in [0.717, 1.165) is 6.42 Å². The minimum atomic E-state index is -0.00827. The van der Waals surface area contributed by atoms with Gasteiger partial charge in [-0.25, -0.2) is 0 Å². The first-order valence-electron chi connectivity index (χ1n) is 5.36. The van der Waals surface area contributed by atoms with E-state index in [9.17, 15) is 4.79 Å². The van der Waals surface area contributed by atoms with Crippen molar-refractivity contribution in [3.05, 3.63) is 0 Å². The van der Waals surface area contributed by atoms with Gasteiger partial charge in [0.2, 0.25) is 5.91 Å². The molecular weight excluding hydrogens is 192 g/mol. The summed E-state index contributed by atoms with van der Waals surface area (Å²) in [6.07, 6.45) is 1.33. The highest BCUT2D eigenvalue weighted by molar-refractivity contribution is 5.75. The van der Waals surface area contributed by atoms with Crippen LogP contribution in [0.4, 0.5) is 0 Å². The van der Waals surface area contributed by atoms with Crippen molar-refractivity contribution in [3.8, 4) is 0 Å². The van der Waals surface area contributed by atoms with Crippen LogP contribution in [0.2, 0.25) is 0 Å². The number of rotatable bonds is 7. The first-order chi connectivity index (χ1) is 6.93. The number of nitrogens with zero attached hydrogens (tertiary/aromatic N) is 1. The van der Waals surface area contributed by atoms with E-state index in [4.69, 9.17) is 10.5 Å². The molecule has 0 aliphatic rings. The van der Waals surface area contributed by atoms with E-state index in [0.29, 0.717) is 26.1 Å². The topological polar surface area (TPSA) is 55.6 Å². The van der Waals surface area contributed by atoms with Crippen LogP contribution in [0.25, 0.3) is 0 Å². The molecule has 90 valence electrons. The molecule has 0 aromatic rings. The fourth-order valence-corrected chi connectivity index (χ4v) is 1.35. The van der Waals surface area contributed by atoms with Crippen molar-refractivity contribution in [2.24, 2.45) is 11.1 Å². The molecule has 0 unspecified atom stereocenters. The fourth-order valence-electron chi connectivity index (χ4n) is 1.35. The smallest absolute Gasteiger partial charge is 0.222 e. The van der Waals surface area contributed by atoms with E-state index in [1.807, 2.05) is 7.05 Å². The molecule has 15 heavy (non-hydrogen) atoms. The van der Waals surface area contributed by atoms with Gasteiger partial charge < -0.3 is 15.4 Å². The van der Waals surface area contributed by atoms with Crippen LogP contribution in [-0.4, -0.2) is 44.7 Å². The third-order valence-corrected chi connectivity index (χ3v) is 2.38. The summed E-state index contributed by atoms with van der Waals surface area (Å²) in [5.74, 6) is 0.161. The molecule has 0 bridgehead atoms. The summed E-state index contributed by atoms with van der Waals surface area (Å²) in [7, 11) is 3.47. The molecule has 0 heterocycles. The summed E-state index contributed by atoms with van der Waals surface area (Å²) in [5, 5.41) is 0. The van der Waals surface area contributed by atoms with Gasteiger partial charge in [-0.05, 0) is 18.4 Å². The van der Waals surface area contributed by atoms with Gasteiger partial charge in [0.25, 0.3) is 0 Å². The van der Waals surface area contributed by atoms with Crippen LogP contribution in [0, 0.1) is 5.41 Å². The van der Waals surface area contributed by atoms with Crippen LogP contribution in [-0.2, 0) is 9.53 Å². The number of amides is 1. The second-order valence-electron chi connectivity index (χ2n) is 4.71. The van der Waals surface area contributed by atoms with Gasteiger partial charge in [0.15, 0.2) is 0 Å². The SMILES string of the molecule is COCCCC(=O)N(C)CC(C)(C)CN. The molecule has 0 aliphatic heterocycles. The lowest BCUT2D eigenvalue weighted by molar-refractivity contribution is -0.131. The monoisotopic (exact) mass is 216 g/mol. The van der Waals surface area contributed by atoms with Gasteiger partial charge in [0, 0.05) is 33.7 Å². The Morgan fingerprint density at radius 3 is 2.53 bits per heavy atom. The van der Waals surface area contributed by atoms with Crippen molar-refractivity contribution in [2.75, 3.05) is 33.9 Å². The van der Waals surface area contributed by atoms with Gasteiger partial charge in [0.05, 0.1) is 0 Å². The van der Waals surface area contributed by atoms with Crippen LogP contribution in [0.1, 0.15) is 26.7 Å². The third kappa shape index (κ3) is 6.47. The summed E-state index contributed by atoms with van der Waals surface area (Å²) in [6, 6.07) is 0. The van der Waals surface area contributed by atoms with Crippen LogP contribution >= 0.6 is 0 Å². The predicted octanol–water partition coefficient (Wildman–Crippen LogP) is 0.856. The third-order valence-electron chi connectivity index (χ3n) is 2.38. The summed E-state index contributed by atoms with van der Waals surface area (Å²) in [5.41, 5.74) is 5.61. The van der Waals surface area contributed by atoms with Gasteiger partial charge in [0.1, 0.15) is 0 Å². The minimum absolute atomic E-state index is 0.00827. The Balaban J connectivity index is 3.88. The standard InChI is InChI=1S/C11H24N2O2/c1-11(2,8-12)9-13(3)10(14)6-5-7-15-4/h5-9,12H2,1-4H3. The predicted molar refractivity (Wildman–Crippen MR) is 61.6 cm³/mol. The van der Waals surface area contributed by atoms with Crippen molar-refractivity contribution in [2.45, 2.75) is 26.7 Å². The Kier molecular flexibility index (Phi) is 6.52. The largest absolute Gasteiger partial charge is 0.385 e. The first kappa shape index (κ1) is 14.4. The average molecular weight is 216 g/mol. The van der Waals surface area contributed by atoms with E-state index < -0.39 is 0 Å². The number of nitrogens with two attached hydrogens (primary N) is 1. The van der Waals surface area contributed by atoms with Gasteiger partial charge >= 0.3 is 0 Å². The van der Waals surface area contributed by atoms with E-state index >= 15 is 0 Å². The van der Waals surface area contributed by atoms with Crippen molar-refractivity contribution in [1.29, 1.82) is 0 Å². The van der Waals surface area contributed by atoms with E-state index in [1.54, 1.807) is 12.0 Å². The molecule has 0 fully saturated rings. The lowest BCUT2D eigenvalue weighted by Crippen LogP contribution is -2.39. The molecule has 2 N–H and O–H groups in total. The maximum absolute atomic E-state index is 11.6. The summed E-state index contributed by atoms with van der Waals surface area (Å²) < 4.78 is 4.90. The zero-order chi connectivity index (χ0) is 11.9. The van der Waals surface area contributed by atoms with Crippen molar-refractivity contribution in [1.82, 2.24) is 4.90 Å². The van der Waals surface area contributed by atoms with Gasteiger partial charge in [-0.1, -0.05) is 13.8 Å². The fraction of sp³-hybridized carbons (Fsp3) is 0.909. The quantitative estimate of drug-likeness (QED) is 0.642. The average Bonchev–Trinajstić information content (AvgIpc) is 2.17. The van der Waals surface area contributed by atoms with E-state index in [-0.39, 0.29) is 11.3 Å². The molecule has 0 atom stereocenters. The number of hydrogen-bond donors (Lipinski definition) is 1. The van der Waals surface area contributed by atoms with E-state index in [2.05, 4.69) is 13.8 Å². The molecule has 0 saturated heterocycles. The highest BCUT2D eigenvalue weighted by Crippen LogP contribution is 2.14. The Morgan fingerprint density at radius 1 is 1.47 bits per heavy atom. The van der Waals surface area contributed by atoms with Crippen molar-refractivity contribution < 1.29 is 9.53 Å².